The quantitative estimate of drug-likeness (QED) is 0.547. The lowest BCUT2D eigenvalue weighted by molar-refractivity contribution is -0.386. The van der Waals surface area contributed by atoms with Crippen molar-refractivity contribution in [2.45, 2.75) is 26.4 Å². The number of nitro benzene ring substituents is 1. The van der Waals surface area contributed by atoms with Gasteiger partial charge in [-0.1, -0.05) is 31.2 Å². The van der Waals surface area contributed by atoms with Crippen LogP contribution in [-0.2, 0) is 4.79 Å². The fraction of sp³-hybridized carbons (Fsp3) is 0.263. The molecule has 0 aliphatic heterocycles. The predicted molar refractivity (Wildman–Crippen MR) is 101 cm³/mol. The number of nitrogens with one attached hydrogen (secondary N) is 2. The average molecular weight is 371 g/mol. The molecule has 0 saturated carbocycles. The van der Waals surface area contributed by atoms with Crippen LogP contribution >= 0.6 is 0 Å². The van der Waals surface area contributed by atoms with Crippen molar-refractivity contribution in [2.24, 2.45) is 0 Å². The highest BCUT2D eigenvalue weighted by Gasteiger charge is 2.22. The Labute approximate surface area is 156 Å². The molecule has 0 spiro atoms. The van der Waals surface area contributed by atoms with Gasteiger partial charge >= 0.3 is 5.69 Å². The highest BCUT2D eigenvalue weighted by Crippen LogP contribution is 2.27. The molecule has 2 aromatic rings. The van der Waals surface area contributed by atoms with E-state index in [1.54, 1.807) is 30.3 Å². The molecular formula is C19H21N3O5. The summed E-state index contributed by atoms with van der Waals surface area (Å²) in [5, 5.41) is 16.4. The van der Waals surface area contributed by atoms with Crippen molar-refractivity contribution < 1.29 is 19.2 Å². The lowest BCUT2D eigenvalue weighted by Crippen LogP contribution is -2.32. The maximum atomic E-state index is 12.4. The van der Waals surface area contributed by atoms with E-state index in [4.69, 9.17) is 4.74 Å². The molecule has 2 N–H and O–H groups in total. The highest BCUT2D eigenvalue weighted by atomic mass is 16.6. The molecule has 8 heteroatoms. The number of ether oxygens (including phenoxy) is 1. The van der Waals surface area contributed by atoms with Crippen molar-refractivity contribution in [1.29, 1.82) is 0 Å². The molecule has 0 fully saturated rings. The summed E-state index contributed by atoms with van der Waals surface area (Å²) in [4.78, 5) is 35.1. The molecule has 0 radical (unpaired) electrons. The van der Waals surface area contributed by atoms with E-state index in [1.165, 1.54) is 25.1 Å². The molecular weight excluding hydrogens is 350 g/mol. The van der Waals surface area contributed by atoms with Gasteiger partial charge in [0.2, 0.25) is 0 Å². The third-order valence-electron chi connectivity index (χ3n) is 3.70. The van der Waals surface area contributed by atoms with Crippen molar-refractivity contribution in [1.82, 2.24) is 5.32 Å². The van der Waals surface area contributed by atoms with Crippen molar-refractivity contribution in [3.8, 4) is 5.75 Å². The summed E-state index contributed by atoms with van der Waals surface area (Å²) in [6.45, 7) is 3.94. The number of hydrogen-bond donors (Lipinski definition) is 2. The van der Waals surface area contributed by atoms with E-state index in [0.29, 0.717) is 17.8 Å². The minimum atomic E-state index is -1.00. The van der Waals surface area contributed by atoms with Crippen LogP contribution in [0, 0.1) is 10.1 Å². The zero-order valence-corrected chi connectivity index (χ0v) is 15.1. The van der Waals surface area contributed by atoms with Crippen molar-refractivity contribution in [2.75, 3.05) is 11.9 Å². The fourth-order valence-electron chi connectivity index (χ4n) is 2.31. The summed E-state index contributed by atoms with van der Waals surface area (Å²) in [5.41, 5.74) is 0.447. The second-order valence-electron chi connectivity index (χ2n) is 5.78. The van der Waals surface area contributed by atoms with Crippen molar-refractivity contribution in [3.63, 3.8) is 0 Å². The zero-order chi connectivity index (χ0) is 19.8. The number of anilines is 1. The van der Waals surface area contributed by atoms with Crippen molar-refractivity contribution >= 4 is 23.2 Å². The molecule has 0 bridgehead atoms. The van der Waals surface area contributed by atoms with Gasteiger partial charge in [-0.05, 0) is 31.5 Å². The van der Waals surface area contributed by atoms with Gasteiger partial charge in [-0.3, -0.25) is 19.7 Å². The van der Waals surface area contributed by atoms with Crippen LogP contribution in [0.5, 0.6) is 5.75 Å². The van der Waals surface area contributed by atoms with Crippen LogP contribution in [0.15, 0.2) is 48.5 Å². The Morgan fingerprint density at radius 2 is 1.81 bits per heavy atom. The highest BCUT2D eigenvalue weighted by molar-refractivity contribution is 6.04. The number of nitrogens with zero attached hydrogens (tertiary/aromatic N) is 1. The molecule has 2 aromatic carbocycles. The SMILES string of the molecule is CCCNC(=O)c1ccccc1NC(=O)C(C)Oc1ccccc1[N+](=O)[O-]. The number of nitro groups is 1. The molecule has 1 unspecified atom stereocenters. The Kier molecular flexibility index (Phi) is 6.87. The largest absolute Gasteiger partial charge is 0.474 e. The van der Waals surface area contributed by atoms with E-state index >= 15 is 0 Å². The summed E-state index contributed by atoms with van der Waals surface area (Å²) in [6.07, 6.45) is -0.209. The summed E-state index contributed by atoms with van der Waals surface area (Å²) >= 11 is 0. The monoisotopic (exact) mass is 371 g/mol. The second kappa shape index (κ2) is 9.33. The summed E-state index contributed by atoms with van der Waals surface area (Å²) in [5.74, 6) is -0.817. The molecule has 27 heavy (non-hydrogen) atoms. The van der Waals surface area contributed by atoms with Gasteiger partial charge in [0.05, 0.1) is 16.2 Å². The Hall–Kier alpha value is -3.42. The Morgan fingerprint density at radius 1 is 1.15 bits per heavy atom. The van der Waals surface area contributed by atoms with Gasteiger partial charge in [-0.25, -0.2) is 0 Å². The van der Waals surface area contributed by atoms with Gasteiger partial charge < -0.3 is 15.4 Å². The topological polar surface area (TPSA) is 111 Å². The van der Waals surface area contributed by atoms with Gasteiger partial charge in [0.25, 0.3) is 11.8 Å². The normalized spacial score (nSPS) is 11.3. The van der Waals surface area contributed by atoms with Crippen LogP contribution in [0.2, 0.25) is 0 Å². The zero-order valence-electron chi connectivity index (χ0n) is 15.1. The molecule has 0 aliphatic carbocycles. The van der Waals surface area contributed by atoms with Gasteiger partial charge in [0.1, 0.15) is 0 Å². The third-order valence-corrected chi connectivity index (χ3v) is 3.70. The van der Waals surface area contributed by atoms with E-state index < -0.39 is 16.9 Å². The first kappa shape index (κ1) is 19.9. The van der Waals surface area contributed by atoms with E-state index in [1.807, 2.05) is 6.92 Å². The van der Waals surface area contributed by atoms with Gasteiger partial charge in [0, 0.05) is 12.6 Å². The molecule has 0 saturated heterocycles. The molecule has 142 valence electrons. The summed E-state index contributed by atoms with van der Waals surface area (Å²) in [6, 6.07) is 12.4. The van der Waals surface area contributed by atoms with Crippen LogP contribution in [-0.4, -0.2) is 29.4 Å². The van der Waals surface area contributed by atoms with Gasteiger partial charge in [0.15, 0.2) is 11.9 Å². The van der Waals surface area contributed by atoms with Gasteiger partial charge in [-0.2, -0.15) is 0 Å². The number of hydrogen-bond acceptors (Lipinski definition) is 5. The molecule has 2 rings (SSSR count). The number of para-hydroxylation sites is 3. The van der Waals surface area contributed by atoms with Crippen LogP contribution < -0.4 is 15.4 Å². The number of carbonyl (C=O) groups is 2. The number of benzene rings is 2. The average Bonchev–Trinajstić information content (AvgIpc) is 2.66. The van der Waals surface area contributed by atoms with E-state index in [-0.39, 0.29) is 17.3 Å². The van der Waals surface area contributed by atoms with Crippen LogP contribution in [0.3, 0.4) is 0 Å². The van der Waals surface area contributed by atoms with E-state index in [0.717, 1.165) is 6.42 Å². The molecule has 8 nitrogen and oxygen atoms in total. The number of amides is 2. The maximum absolute atomic E-state index is 12.4. The molecule has 0 aromatic heterocycles. The first-order valence-electron chi connectivity index (χ1n) is 8.52. The standard InChI is InChI=1S/C19H21N3O5/c1-3-12-20-19(24)14-8-4-5-9-15(14)21-18(23)13(2)27-17-11-7-6-10-16(17)22(25)26/h4-11,13H,3,12H2,1-2H3,(H,20,24)(H,21,23). The first-order chi connectivity index (χ1) is 12.9. The summed E-state index contributed by atoms with van der Waals surface area (Å²) < 4.78 is 5.45. The lowest BCUT2D eigenvalue weighted by atomic mass is 10.1. The van der Waals surface area contributed by atoms with Crippen LogP contribution in [0.1, 0.15) is 30.6 Å². The minimum absolute atomic E-state index is 0.000811. The smallest absolute Gasteiger partial charge is 0.310 e. The fourth-order valence-corrected chi connectivity index (χ4v) is 2.31. The maximum Gasteiger partial charge on any atom is 0.310 e. The third kappa shape index (κ3) is 5.27. The molecule has 0 aliphatic rings. The van der Waals surface area contributed by atoms with E-state index in [2.05, 4.69) is 10.6 Å². The molecule has 0 heterocycles. The number of carbonyl (C=O) groups excluding carboxylic acids is 2. The van der Waals surface area contributed by atoms with Crippen molar-refractivity contribution in [3.05, 3.63) is 64.2 Å². The minimum Gasteiger partial charge on any atom is -0.474 e. The Morgan fingerprint density at radius 3 is 2.52 bits per heavy atom. The van der Waals surface area contributed by atoms with Gasteiger partial charge in [-0.15, -0.1) is 0 Å². The lowest BCUT2D eigenvalue weighted by Gasteiger charge is -2.16. The second-order valence-corrected chi connectivity index (χ2v) is 5.78. The number of rotatable bonds is 8. The van der Waals surface area contributed by atoms with Crippen LogP contribution in [0.4, 0.5) is 11.4 Å². The molecule has 1 atom stereocenters. The Balaban J connectivity index is 2.11. The van der Waals surface area contributed by atoms with Crippen LogP contribution in [0.25, 0.3) is 0 Å². The van der Waals surface area contributed by atoms with E-state index in [9.17, 15) is 19.7 Å². The predicted octanol–water partition coefficient (Wildman–Crippen LogP) is 3.14. The Bertz CT molecular complexity index is 838. The first-order valence-corrected chi connectivity index (χ1v) is 8.52. The summed E-state index contributed by atoms with van der Waals surface area (Å²) in [7, 11) is 0. The molecule has 2 amide bonds.